The highest BCUT2D eigenvalue weighted by Gasteiger charge is 2.52. The van der Waals surface area contributed by atoms with Crippen LogP contribution in [0, 0.1) is 17.8 Å². The van der Waals surface area contributed by atoms with Crippen molar-refractivity contribution >= 4 is 0 Å². The van der Waals surface area contributed by atoms with E-state index < -0.39 is 5.60 Å². The van der Waals surface area contributed by atoms with Crippen LogP contribution < -0.4 is 4.74 Å². The normalized spacial score (nSPS) is 23.3. The average molecular weight is 529 g/mol. The van der Waals surface area contributed by atoms with Gasteiger partial charge in [0.1, 0.15) is 18.0 Å². The van der Waals surface area contributed by atoms with Crippen molar-refractivity contribution < 1.29 is 9.47 Å². The van der Waals surface area contributed by atoms with E-state index in [2.05, 4.69) is 70.3 Å². The van der Waals surface area contributed by atoms with E-state index in [0.717, 1.165) is 55.4 Å². The van der Waals surface area contributed by atoms with Crippen LogP contribution in [0.15, 0.2) is 97.6 Å². The van der Waals surface area contributed by atoms with Crippen LogP contribution in [-0.2, 0) is 36.2 Å². The number of hydrogen-bond acceptors (Lipinski definition) is 4. The molecule has 40 heavy (non-hydrogen) atoms. The molecule has 0 saturated heterocycles. The lowest BCUT2D eigenvalue weighted by Gasteiger charge is -2.53. The number of nitrogens with zero attached hydrogens (tertiary/aromatic N) is 2. The maximum Gasteiger partial charge on any atom is 0.129 e. The Kier molecular flexibility index (Phi) is 7.66. The first-order valence-corrected chi connectivity index (χ1v) is 14.3. The number of pyridine rings is 2. The molecule has 0 N–H and O–H groups in total. The van der Waals surface area contributed by atoms with Crippen molar-refractivity contribution in [3.8, 4) is 17.6 Å². The molecule has 2 aliphatic rings. The van der Waals surface area contributed by atoms with Gasteiger partial charge >= 0.3 is 0 Å². The molecule has 3 unspecified atom stereocenters. The summed E-state index contributed by atoms with van der Waals surface area (Å²) in [4.78, 5) is 8.27. The summed E-state index contributed by atoms with van der Waals surface area (Å²) in [6.45, 7) is 3.05. The molecule has 2 aromatic carbocycles. The quantitative estimate of drug-likeness (QED) is 0.226. The second kappa shape index (κ2) is 11.7. The zero-order valence-corrected chi connectivity index (χ0v) is 23.2. The van der Waals surface area contributed by atoms with Gasteiger partial charge in [0.2, 0.25) is 0 Å². The summed E-state index contributed by atoms with van der Waals surface area (Å²) < 4.78 is 12.9. The Hall–Kier alpha value is -3.94. The highest BCUT2D eigenvalue weighted by Crippen LogP contribution is 2.55. The molecule has 2 heterocycles. The summed E-state index contributed by atoms with van der Waals surface area (Å²) in [6, 6.07) is 25.8. The van der Waals surface area contributed by atoms with E-state index in [1.807, 2.05) is 56.0 Å². The van der Waals surface area contributed by atoms with Crippen LogP contribution in [0.4, 0.5) is 0 Å². The third-order valence-electron chi connectivity index (χ3n) is 8.84. The van der Waals surface area contributed by atoms with Gasteiger partial charge in [-0.1, -0.05) is 42.3 Å². The molecule has 0 spiro atoms. The molecule has 0 amide bonds. The van der Waals surface area contributed by atoms with E-state index in [1.165, 1.54) is 16.7 Å². The van der Waals surface area contributed by atoms with Crippen molar-refractivity contribution in [3.63, 3.8) is 0 Å². The summed E-state index contributed by atoms with van der Waals surface area (Å²) in [5.74, 6) is 8.17. The first-order valence-electron chi connectivity index (χ1n) is 14.3. The number of ether oxygens (including phenoxy) is 2. The smallest absolute Gasteiger partial charge is 0.129 e. The van der Waals surface area contributed by atoms with E-state index in [9.17, 15) is 0 Å². The van der Waals surface area contributed by atoms with E-state index in [-0.39, 0.29) is 5.41 Å². The fourth-order valence-electron chi connectivity index (χ4n) is 6.88. The summed E-state index contributed by atoms with van der Waals surface area (Å²) in [6.07, 6.45) is 13.4. The molecule has 4 heteroatoms. The van der Waals surface area contributed by atoms with Crippen LogP contribution in [0.3, 0.4) is 0 Å². The summed E-state index contributed by atoms with van der Waals surface area (Å²) >= 11 is 0. The van der Waals surface area contributed by atoms with Crippen LogP contribution in [0.5, 0.6) is 5.75 Å². The van der Waals surface area contributed by atoms with Gasteiger partial charge in [-0.2, -0.15) is 0 Å². The van der Waals surface area contributed by atoms with Gasteiger partial charge in [-0.25, -0.2) is 0 Å². The SMILES string of the molecule is CC#CC1(OCc2ccncc2)CCC2(Cc3ccccc3)c3ccc(OCc4ccncc4)cc3CCC2C1. The second-order valence-corrected chi connectivity index (χ2v) is 11.2. The molecular weight excluding hydrogens is 492 g/mol. The zero-order valence-electron chi connectivity index (χ0n) is 23.2. The number of fused-ring (bicyclic) bond motifs is 3. The van der Waals surface area contributed by atoms with Crippen molar-refractivity contribution in [2.24, 2.45) is 5.92 Å². The van der Waals surface area contributed by atoms with Gasteiger partial charge < -0.3 is 9.47 Å². The minimum Gasteiger partial charge on any atom is -0.489 e. The van der Waals surface area contributed by atoms with Crippen molar-refractivity contribution in [1.29, 1.82) is 0 Å². The number of aromatic nitrogens is 2. The molecule has 202 valence electrons. The minimum absolute atomic E-state index is 0.0531. The van der Waals surface area contributed by atoms with Crippen LogP contribution in [-0.4, -0.2) is 15.6 Å². The lowest BCUT2D eigenvalue weighted by molar-refractivity contribution is -0.0740. The molecule has 1 fully saturated rings. The lowest BCUT2D eigenvalue weighted by atomic mass is 9.52. The number of rotatable bonds is 8. The second-order valence-electron chi connectivity index (χ2n) is 11.2. The van der Waals surface area contributed by atoms with E-state index in [4.69, 9.17) is 9.47 Å². The highest BCUT2D eigenvalue weighted by atomic mass is 16.5. The predicted octanol–water partition coefficient (Wildman–Crippen LogP) is 7.26. The Labute approximate surface area is 237 Å². The molecule has 4 nitrogen and oxygen atoms in total. The minimum atomic E-state index is -0.423. The molecule has 3 atom stereocenters. The van der Waals surface area contributed by atoms with Gasteiger partial charge in [0.05, 0.1) is 6.61 Å². The van der Waals surface area contributed by atoms with Gasteiger partial charge in [-0.15, -0.1) is 5.92 Å². The van der Waals surface area contributed by atoms with Gasteiger partial charge in [0.25, 0.3) is 0 Å². The Balaban J connectivity index is 1.29. The third kappa shape index (κ3) is 5.53. The molecule has 0 radical (unpaired) electrons. The van der Waals surface area contributed by atoms with Crippen LogP contribution in [0.25, 0.3) is 0 Å². The maximum atomic E-state index is 6.70. The average Bonchev–Trinajstić information content (AvgIpc) is 3.01. The Morgan fingerprint density at radius 1 is 0.825 bits per heavy atom. The first-order chi connectivity index (χ1) is 19.7. The van der Waals surface area contributed by atoms with E-state index in [0.29, 0.717) is 19.1 Å². The van der Waals surface area contributed by atoms with Gasteiger partial charge in [-0.3, -0.25) is 9.97 Å². The molecule has 4 aromatic rings. The van der Waals surface area contributed by atoms with Crippen molar-refractivity contribution in [1.82, 2.24) is 9.97 Å². The van der Waals surface area contributed by atoms with Gasteiger partial charge in [-0.05, 0) is 116 Å². The summed E-state index contributed by atoms with van der Waals surface area (Å²) in [7, 11) is 0. The van der Waals surface area contributed by atoms with E-state index in [1.54, 1.807) is 0 Å². The molecule has 2 aromatic heterocycles. The Bertz CT molecular complexity index is 1480. The molecule has 2 aliphatic carbocycles. The van der Waals surface area contributed by atoms with Crippen LogP contribution in [0.1, 0.15) is 60.4 Å². The number of hydrogen-bond donors (Lipinski definition) is 0. The Morgan fingerprint density at radius 3 is 2.27 bits per heavy atom. The van der Waals surface area contributed by atoms with E-state index >= 15 is 0 Å². The monoisotopic (exact) mass is 528 g/mol. The Morgan fingerprint density at radius 2 is 1.55 bits per heavy atom. The van der Waals surface area contributed by atoms with Crippen LogP contribution >= 0.6 is 0 Å². The largest absolute Gasteiger partial charge is 0.489 e. The topological polar surface area (TPSA) is 44.2 Å². The lowest BCUT2D eigenvalue weighted by Crippen LogP contribution is -2.51. The molecule has 1 saturated carbocycles. The fraction of sp³-hybridized carbons (Fsp3) is 0.333. The van der Waals surface area contributed by atoms with Crippen LogP contribution in [0.2, 0.25) is 0 Å². The van der Waals surface area contributed by atoms with Crippen molar-refractivity contribution in [2.75, 3.05) is 0 Å². The zero-order chi connectivity index (χ0) is 27.3. The summed E-state index contributed by atoms with van der Waals surface area (Å²) in [5, 5.41) is 0. The summed E-state index contributed by atoms with van der Waals surface area (Å²) in [5.41, 5.74) is 6.20. The standard InChI is InChI=1S/C36H36N2O2/c1-2-16-35(40-27-30-14-21-38-22-15-30)17-18-36(24-28-6-4-3-5-7-28)32(25-35)9-8-31-23-33(10-11-34(31)36)39-26-29-12-19-37-20-13-29/h3-7,10-15,19-23,32H,8-9,17-18,24-27H2,1H3. The molecule has 0 bridgehead atoms. The number of benzene rings is 2. The van der Waals surface area contributed by atoms with Crippen molar-refractivity contribution in [2.45, 2.75) is 69.7 Å². The van der Waals surface area contributed by atoms with Gasteiger partial charge in [0, 0.05) is 30.2 Å². The first kappa shape index (κ1) is 26.3. The molecular formula is C36H36N2O2. The molecule has 6 rings (SSSR count). The third-order valence-corrected chi connectivity index (χ3v) is 8.84. The molecule has 0 aliphatic heterocycles. The fourth-order valence-corrected chi connectivity index (χ4v) is 6.88. The highest BCUT2D eigenvalue weighted by molar-refractivity contribution is 5.45. The maximum absolute atomic E-state index is 6.70. The van der Waals surface area contributed by atoms with Gasteiger partial charge in [0.15, 0.2) is 0 Å². The predicted molar refractivity (Wildman–Crippen MR) is 158 cm³/mol. The number of aryl methyl sites for hydroxylation is 1. The van der Waals surface area contributed by atoms with Crippen molar-refractivity contribution in [3.05, 3.63) is 125 Å².